The molecule has 0 aromatic rings. The van der Waals surface area contributed by atoms with Gasteiger partial charge >= 0.3 is 0 Å². The van der Waals surface area contributed by atoms with E-state index in [1.807, 2.05) is 0 Å². The van der Waals surface area contributed by atoms with Gasteiger partial charge in [0.05, 0.1) is 11.0 Å². The van der Waals surface area contributed by atoms with Crippen molar-refractivity contribution in [3.05, 3.63) is 0 Å². The number of likely N-dealkylation sites (N-methyl/N-ethyl adjacent to an activating group) is 1. The molecule has 0 unspecified atom stereocenters. The van der Waals surface area contributed by atoms with Crippen LogP contribution in [0.15, 0.2) is 0 Å². The Bertz CT molecular complexity index is 336. The molecule has 6 nitrogen and oxygen atoms in total. The zero-order valence-corrected chi connectivity index (χ0v) is 12.3. The molecule has 0 saturated carbocycles. The highest BCUT2D eigenvalue weighted by molar-refractivity contribution is 5.83. The number of nitrogens with two attached hydrogens (primary N) is 1. The quantitative estimate of drug-likeness (QED) is 0.744. The van der Waals surface area contributed by atoms with Gasteiger partial charge in [-0.1, -0.05) is 0 Å². The SMILES string of the molecule is CN(CC1(O)CCOCC1)C(=O)C1(CN)CCOCC1. The maximum atomic E-state index is 12.7. The number of hydrogen-bond acceptors (Lipinski definition) is 5. The molecule has 2 heterocycles. The lowest BCUT2D eigenvalue weighted by Crippen LogP contribution is -2.54. The molecule has 2 aliphatic rings. The topological polar surface area (TPSA) is 85.0 Å². The molecule has 1 amide bonds. The molecule has 2 rings (SSSR count). The predicted octanol–water partition coefficient (Wildman–Crippen LogP) is -0.258. The molecule has 0 aromatic heterocycles. The number of ether oxygens (including phenoxy) is 2. The van der Waals surface area contributed by atoms with Gasteiger partial charge in [0.25, 0.3) is 0 Å². The van der Waals surface area contributed by atoms with Crippen molar-refractivity contribution in [1.82, 2.24) is 4.90 Å². The van der Waals surface area contributed by atoms with E-state index < -0.39 is 11.0 Å². The molecule has 0 aliphatic carbocycles. The molecule has 2 fully saturated rings. The smallest absolute Gasteiger partial charge is 0.230 e. The highest BCUT2D eigenvalue weighted by atomic mass is 16.5. The minimum Gasteiger partial charge on any atom is -0.388 e. The molecule has 116 valence electrons. The number of carbonyl (C=O) groups is 1. The van der Waals surface area contributed by atoms with Crippen molar-refractivity contribution in [3.63, 3.8) is 0 Å². The lowest BCUT2D eigenvalue weighted by Gasteiger charge is -2.41. The van der Waals surface area contributed by atoms with E-state index in [1.165, 1.54) is 0 Å². The van der Waals surface area contributed by atoms with Crippen LogP contribution in [0.1, 0.15) is 25.7 Å². The number of amides is 1. The summed E-state index contributed by atoms with van der Waals surface area (Å²) in [5.74, 6) is 0.0308. The lowest BCUT2D eigenvalue weighted by atomic mass is 9.78. The summed E-state index contributed by atoms with van der Waals surface area (Å²) >= 11 is 0. The number of carbonyl (C=O) groups excluding carboxylic acids is 1. The van der Waals surface area contributed by atoms with E-state index in [9.17, 15) is 9.90 Å². The summed E-state index contributed by atoms with van der Waals surface area (Å²) in [6.45, 7) is 2.94. The molecule has 0 spiro atoms. The van der Waals surface area contributed by atoms with Crippen LogP contribution in [0.25, 0.3) is 0 Å². The Kier molecular flexibility index (Phi) is 5.01. The van der Waals surface area contributed by atoms with Crippen LogP contribution in [0, 0.1) is 5.41 Å². The van der Waals surface area contributed by atoms with Gasteiger partial charge in [-0.2, -0.15) is 0 Å². The summed E-state index contributed by atoms with van der Waals surface area (Å²) in [6.07, 6.45) is 2.47. The van der Waals surface area contributed by atoms with Crippen molar-refractivity contribution in [2.45, 2.75) is 31.3 Å². The zero-order chi connectivity index (χ0) is 14.6. The van der Waals surface area contributed by atoms with Gasteiger partial charge in [-0.3, -0.25) is 4.79 Å². The minimum atomic E-state index is -0.830. The van der Waals surface area contributed by atoms with Gasteiger partial charge in [0.1, 0.15) is 0 Å². The lowest BCUT2D eigenvalue weighted by molar-refractivity contribution is -0.151. The van der Waals surface area contributed by atoms with E-state index in [0.717, 1.165) is 0 Å². The standard InChI is InChI=1S/C14H26N2O4/c1-16(11-14(18)4-8-20-9-5-14)12(17)13(10-15)2-6-19-7-3-13/h18H,2-11,15H2,1H3. The Hall–Kier alpha value is -0.690. The van der Waals surface area contributed by atoms with E-state index in [0.29, 0.717) is 65.2 Å². The monoisotopic (exact) mass is 286 g/mol. The summed E-state index contributed by atoms with van der Waals surface area (Å²) in [7, 11) is 1.75. The number of hydrogen-bond donors (Lipinski definition) is 2. The van der Waals surface area contributed by atoms with Crippen molar-refractivity contribution < 1.29 is 19.4 Å². The van der Waals surface area contributed by atoms with Crippen LogP contribution < -0.4 is 5.73 Å². The van der Waals surface area contributed by atoms with E-state index >= 15 is 0 Å². The van der Waals surface area contributed by atoms with E-state index in [2.05, 4.69) is 0 Å². The average Bonchev–Trinajstić information content (AvgIpc) is 2.47. The van der Waals surface area contributed by atoms with E-state index in [1.54, 1.807) is 11.9 Å². The van der Waals surface area contributed by atoms with Gasteiger partial charge < -0.3 is 25.2 Å². The fourth-order valence-corrected chi connectivity index (χ4v) is 3.10. The second-order valence-electron chi connectivity index (χ2n) is 6.09. The summed E-state index contributed by atoms with van der Waals surface area (Å²) in [5.41, 5.74) is 4.51. The largest absolute Gasteiger partial charge is 0.388 e. The Morgan fingerprint density at radius 1 is 1.15 bits per heavy atom. The van der Waals surface area contributed by atoms with Gasteiger partial charge in [-0.25, -0.2) is 0 Å². The zero-order valence-electron chi connectivity index (χ0n) is 12.3. The van der Waals surface area contributed by atoms with Gasteiger partial charge in [0.15, 0.2) is 0 Å². The summed E-state index contributed by atoms with van der Waals surface area (Å²) < 4.78 is 10.6. The Labute approximate surface area is 120 Å². The first kappa shape index (κ1) is 15.7. The first-order chi connectivity index (χ1) is 9.51. The minimum absolute atomic E-state index is 0.0308. The molecule has 0 aromatic carbocycles. The molecule has 0 bridgehead atoms. The Morgan fingerprint density at radius 3 is 2.15 bits per heavy atom. The highest BCUT2D eigenvalue weighted by Gasteiger charge is 2.42. The first-order valence-electron chi connectivity index (χ1n) is 7.35. The average molecular weight is 286 g/mol. The first-order valence-corrected chi connectivity index (χ1v) is 7.35. The third-order valence-electron chi connectivity index (χ3n) is 4.60. The molecular formula is C14H26N2O4. The molecule has 0 atom stereocenters. The van der Waals surface area contributed by atoms with E-state index in [-0.39, 0.29) is 5.91 Å². The van der Waals surface area contributed by atoms with Crippen LogP contribution in [-0.2, 0) is 14.3 Å². The maximum absolute atomic E-state index is 12.7. The van der Waals surface area contributed by atoms with E-state index in [4.69, 9.17) is 15.2 Å². The van der Waals surface area contributed by atoms with Crippen LogP contribution in [0.2, 0.25) is 0 Å². The molecular weight excluding hydrogens is 260 g/mol. The Morgan fingerprint density at radius 2 is 1.65 bits per heavy atom. The summed E-state index contributed by atoms with van der Waals surface area (Å²) in [5, 5.41) is 10.5. The van der Waals surface area contributed by atoms with Gasteiger partial charge in [0.2, 0.25) is 5.91 Å². The molecule has 0 radical (unpaired) electrons. The van der Waals surface area contributed by atoms with Crippen molar-refractivity contribution in [2.75, 3.05) is 46.6 Å². The number of aliphatic hydroxyl groups is 1. The van der Waals surface area contributed by atoms with Crippen LogP contribution in [0.3, 0.4) is 0 Å². The number of rotatable bonds is 4. The summed E-state index contributed by atoms with van der Waals surface area (Å²) in [4.78, 5) is 14.4. The second-order valence-corrected chi connectivity index (χ2v) is 6.09. The fourth-order valence-electron chi connectivity index (χ4n) is 3.10. The third kappa shape index (κ3) is 3.31. The van der Waals surface area contributed by atoms with Gasteiger partial charge in [-0.05, 0) is 12.8 Å². The third-order valence-corrected chi connectivity index (χ3v) is 4.60. The maximum Gasteiger partial charge on any atom is 0.230 e. The van der Waals surface area contributed by atoms with Gasteiger partial charge in [-0.15, -0.1) is 0 Å². The normalized spacial score (nSPS) is 25.1. The molecule has 2 saturated heterocycles. The van der Waals surface area contributed by atoms with Gasteiger partial charge in [0, 0.05) is 59.4 Å². The predicted molar refractivity (Wildman–Crippen MR) is 74.2 cm³/mol. The van der Waals surface area contributed by atoms with Crippen LogP contribution in [0.4, 0.5) is 0 Å². The van der Waals surface area contributed by atoms with Crippen LogP contribution in [0.5, 0.6) is 0 Å². The molecule has 20 heavy (non-hydrogen) atoms. The van der Waals surface area contributed by atoms with Crippen molar-refractivity contribution in [3.8, 4) is 0 Å². The molecule has 3 N–H and O–H groups in total. The second kappa shape index (κ2) is 6.39. The van der Waals surface area contributed by atoms with Crippen molar-refractivity contribution >= 4 is 5.91 Å². The molecule has 2 aliphatic heterocycles. The van der Waals surface area contributed by atoms with Crippen molar-refractivity contribution in [2.24, 2.45) is 11.1 Å². The number of nitrogens with zero attached hydrogens (tertiary/aromatic N) is 1. The summed E-state index contributed by atoms with van der Waals surface area (Å²) in [6, 6.07) is 0. The molecule has 6 heteroatoms. The highest BCUT2D eigenvalue weighted by Crippen LogP contribution is 2.32. The van der Waals surface area contributed by atoms with Crippen molar-refractivity contribution in [1.29, 1.82) is 0 Å². The fraction of sp³-hybridized carbons (Fsp3) is 0.929. The Balaban J connectivity index is 1.99. The van der Waals surface area contributed by atoms with Crippen LogP contribution >= 0.6 is 0 Å². The van der Waals surface area contributed by atoms with Crippen LogP contribution in [-0.4, -0.2) is 68.1 Å².